The van der Waals surface area contributed by atoms with E-state index in [4.69, 9.17) is 14.1 Å². The van der Waals surface area contributed by atoms with Gasteiger partial charge in [-0.2, -0.15) is 0 Å². The molecule has 1 aliphatic heterocycles. The molecule has 4 nitrogen and oxygen atoms in total. The third-order valence-corrected chi connectivity index (χ3v) is 4.75. The Hall–Kier alpha value is -1.85. The fourth-order valence-electron chi connectivity index (χ4n) is 2.69. The molecule has 1 aromatic carbocycles. The first-order valence-electron chi connectivity index (χ1n) is 7.09. The maximum absolute atomic E-state index is 5.99. The second-order valence-corrected chi connectivity index (χ2v) is 6.00. The van der Waals surface area contributed by atoms with Gasteiger partial charge in [0, 0.05) is 29.4 Å². The zero-order chi connectivity index (χ0) is 14.2. The molecule has 1 saturated heterocycles. The van der Waals surface area contributed by atoms with Gasteiger partial charge in [0.2, 0.25) is 0 Å². The van der Waals surface area contributed by atoms with E-state index < -0.39 is 0 Å². The molecule has 0 N–H and O–H groups in total. The first-order chi connectivity index (χ1) is 10.3. The Labute approximate surface area is 127 Å². The molecule has 4 rings (SSSR count). The molecule has 5 heteroatoms. The predicted octanol–water partition coefficient (Wildman–Crippen LogP) is 3.70. The lowest BCUT2D eigenvalue weighted by Gasteiger charge is -2.25. The molecule has 0 amide bonds. The predicted molar refractivity (Wildman–Crippen MR) is 85.1 cm³/mol. The van der Waals surface area contributed by atoms with Crippen LogP contribution in [-0.4, -0.2) is 31.3 Å². The van der Waals surface area contributed by atoms with Crippen LogP contribution < -0.4 is 4.90 Å². The van der Waals surface area contributed by atoms with Crippen LogP contribution in [0.2, 0.25) is 0 Å². The molecular formula is C16H16N2O2S. The van der Waals surface area contributed by atoms with Crippen LogP contribution in [0.4, 0.5) is 5.13 Å². The minimum atomic E-state index is 0.776. The van der Waals surface area contributed by atoms with Gasteiger partial charge in [0.1, 0.15) is 11.3 Å². The average Bonchev–Trinajstić information content (AvgIpc) is 3.14. The van der Waals surface area contributed by atoms with E-state index in [0.717, 1.165) is 59.4 Å². The SMILES string of the molecule is Cc1c(-c2csc(N3CCOCC3)n2)oc2ccccc12. The second kappa shape index (κ2) is 5.16. The van der Waals surface area contributed by atoms with Gasteiger partial charge in [0.05, 0.1) is 13.2 Å². The lowest BCUT2D eigenvalue weighted by atomic mass is 10.1. The van der Waals surface area contributed by atoms with Crippen molar-refractivity contribution in [3.63, 3.8) is 0 Å². The molecule has 1 fully saturated rings. The molecular weight excluding hydrogens is 284 g/mol. The second-order valence-electron chi connectivity index (χ2n) is 5.17. The van der Waals surface area contributed by atoms with Gasteiger partial charge in [-0.15, -0.1) is 11.3 Å². The zero-order valence-electron chi connectivity index (χ0n) is 11.8. The quantitative estimate of drug-likeness (QED) is 0.723. The van der Waals surface area contributed by atoms with Crippen LogP contribution in [-0.2, 0) is 4.74 Å². The number of aromatic nitrogens is 1. The fraction of sp³-hybridized carbons (Fsp3) is 0.312. The van der Waals surface area contributed by atoms with Crippen molar-refractivity contribution in [3.8, 4) is 11.5 Å². The van der Waals surface area contributed by atoms with Gasteiger partial charge in [-0.3, -0.25) is 0 Å². The topological polar surface area (TPSA) is 38.5 Å². The van der Waals surface area contributed by atoms with Gasteiger partial charge in [-0.05, 0) is 13.0 Å². The molecule has 21 heavy (non-hydrogen) atoms. The number of rotatable bonds is 2. The van der Waals surface area contributed by atoms with Crippen molar-refractivity contribution in [2.75, 3.05) is 31.2 Å². The highest BCUT2D eigenvalue weighted by Crippen LogP contribution is 2.35. The number of thiazole rings is 1. The highest BCUT2D eigenvalue weighted by molar-refractivity contribution is 7.14. The van der Waals surface area contributed by atoms with Crippen molar-refractivity contribution in [1.29, 1.82) is 0 Å². The van der Waals surface area contributed by atoms with Crippen LogP contribution in [0.3, 0.4) is 0 Å². The summed E-state index contributed by atoms with van der Waals surface area (Å²) in [6.45, 7) is 5.46. The lowest BCUT2D eigenvalue weighted by Crippen LogP contribution is -2.36. The standard InChI is InChI=1S/C16H16N2O2S/c1-11-12-4-2-3-5-14(12)20-15(11)13-10-21-16(17-13)18-6-8-19-9-7-18/h2-5,10H,6-9H2,1H3. The Morgan fingerprint density at radius 3 is 2.81 bits per heavy atom. The number of hydrogen-bond acceptors (Lipinski definition) is 5. The monoisotopic (exact) mass is 300 g/mol. The van der Waals surface area contributed by atoms with Crippen molar-refractivity contribution < 1.29 is 9.15 Å². The minimum absolute atomic E-state index is 0.776. The van der Waals surface area contributed by atoms with Crippen molar-refractivity contribution >= 4 is 27.4 Å². The lowest BCUT2D eigenvalue weighted by molar-refractivity contribution is 0.122. The molecule has 3 heterocycles. The highest BCUT2D eigenvalue weighted by Gasteiger charge is 2.18. The molecule has 1 aliphatic rings. The molecule has 0 saturated carbocycles. The van der Waals surface area contributed by atoms with Crippen LogP contribution in [0.1, 0.15) is 5.56 Å². The van der Waals surface area contributed by atoms with Gasteiger partial charge in [0.25, 0.3) is 0 Å². The maximum Gasteiger partial charge on any atom is 0.186 e. The van der Waals surface area contributed by atoms with Crippen molar-refractivity contribution in [2.24, 2.45) is 0 Å². The molecule has 0 bridgehead atoms. The summed E-state index contributed by atoms with van der Waals surface area (Å²) in [7, 11) is 0. The highest BCUT2D eigenvalue weighted by atomic mass is 32.1. The molecule has 0 radical (unpaired) electrons. The number of nitrogens with zero attached hydrogens (tertiary/aromatic N) is 2. The van der Waals surface area contributed by atoms with Crippen LogP contribution in [0, 0.1) is 6.92 Å². The zero-order valence-corrected chi connectivity index (χ0v) is 12.7. The van der Waals surface area contributed by atoms with Crippen LogP contribution in [0.15, 0.2) is 34.1 Å². The summed E-state index contributed by atoms with van der Waals surface area (Å²) >= 11 is 1.67. The third kappa shape index (κ3) is 2.22. The molecule has 0 aliphatic carbocycles. The summed E-state index contributed by atoms with van der Waals surface area (Å²) in [5.41, 5.74) is 3.01. The first-order valence-corrected chi connectivity index (χ1v) is 7.97. The number of para-hydroxylation sites is 1. The Morgan fingerprint density at radius 2 is 2.00 bits per heavy atom. The van der Waals surface area contributed by atoms with Crippen LogP contribution >= 0.6 is 11.3 Å². The van der Waals surface area contributed by atoms with Crippen LogP contribution in [0.5, 0.6) is 0 Å². The van der Waals surface area contributed by atoms with Crippen molar-refractivity contribution in [1.82, 2.24) is 4.98 Å². The average molecular weight is 300 g/mol. The number of aryl methyl sites for hydroxylation is 1. The first kappa shape index (κ1) is 12.9. The van der Waals surface area contributed by atoms with E-state index in [2.05, 4.69) is 23.3 Å². The molecule has 2 aromatic heterocycles. The number of hydrogen-bond donors (Lipinski definition) is 0. The third-order valence-electron chi connectivity index (χ3n) is 3.85. The van der Waals surface area contributed by atoms with E-state index in [-0.39, 0.29) is 0 Å². The van der Waals surface area contributed by atoms with Gasteiger partial charge in [-0.1, -0.05) is 18.2 Å². The van der Waals surface area contributed by atoms with E-state index in [0.29, 0.717) is 0 Å². The smallest absolute Gasteiger partial charge is 0.186 e. The number of morpholine rings is 1. The maximum atomic E-state index is 5.99. The number of furan rings is 1. The normalized spacial score (nSPS) is 15.8. The number of ether oxygens (including phenoxy) is 1. The van der Waals surface area contributed by atoms with E-state index in [1.165, 1.54) is 0 Å². The molecule has 0 unspecified atom stereocenters. The number of anilines is 1. The Bertz CT molecular complexity index is 772. The Morgan fingerprint density at radius 1 is 1.19 bits per heavy atom. The van der Waals surface area contributed by atoms with E-state index >= 15 is 0 Å². The van der Waals surface area contributed by atoms with Gasteiger partial charge in [0.15, 0.2) is 10.9 Å². The minimum Gasteiger partial charge on any atom is -0.454 e. The molecule has 3 aromatic rings. The van der Waals surface area contributed by atoms with E-state index in [1.54, 1.807) is 11.3 Å². The van der Waals surface area contributed by atoms with E-state index in [9.17, 15) is 0 Å². The summed E-state index contributed by atoms with van der Waals surface area (Å²) in [6.07, 6.45) is 0. The van der Waals surface area contributed by atoms with Crippen LogP contribution in [0.25, 0.3) is 22.4 Å². The van der Waals surface area contributed by atoms with Crippen molar-refractivity contribution in [2.45, 2.75) is 6.92 Å². The Kier molecular flexibility index (Phi) is 3.16. The van der Waals surface area contributed by atoms with E-state index in [1.807, 2.05) is 18.2 Å². The summed E-state index contributed by atoms with van der Waals surface area (Å²) < 4.78 is 11.4. The summed E-state index contributed by atoms with van der Waals surface area (Å²) in [4.78, 5) is 7.03. The summed E-state index contributed by atoms with van der Waals surface area (Å²) in [6, 6.07) is 8.12. The molecule has 0 atom stereocenters. The van der Waals surface area contributed by atoms with Gasteiger partial charge in [-0.25, -0.2) is 4.98 Å². The summed E-state index contributed by atoms with van der Waals surface area (Å²) in [5, 5.41) is 4.29. The molecule has 0 spiro atoms. The largest absolute Gasteiger partial charge is 0.454 e. The summed E-state index contributed by atoms with van der Waals surface area (Å²) in [5.74, 6) is 0.881. The van der Waals surface area contributed by atoms with Gasteiger partial charge >= 0.3 is 0 Å². The Balaban J connectivity index is 1.72. The fourth-order valence-corrected chi connectivity index (χ4v) is 3.55. The van der Waals surface area contributed by atoms with Gasteiger partial charge < -0.3 is 14.1 Å². The number of fused-ring (bicyclic) bond motifs is 1. The number of benzene rings is 1. The van der Waals surface area contributed by atoms with Crippen molar-refractivity contribution in [3.05, 3.63) is 35.2 Å². The molecule has 108 valence electrons.